The Morgan fingerprint density at radius 2 is 1.88 bits per heavy atom. The van der Waals surface area contributed by atoms with Crippen molar-refractivity contribution in [2.75, 3.05) is 7.11 Å². The van der Waals surface area contributed by atoms with Gasteiger partial charge in [0.15, 0.2) is 0 Å². The highest BCUT2D eigenvalue weighted by Gasteiger charge is 2.40. The van der Waals surface area contributed by atoms with E-state index in [1.54, 1.807) is 32.0 Å². The Kier molecular flexibility index (Phi) is 7.38. The molecule has 9 heteroatoms. The summed E-state index contributed by atoms with van der Waals surface area (Å²) in [6.07, 6.45) is -4.00. The van der Waals surface area contributed by atoms with Gasteiger partial charge in [-0.2, -0.15) is 27.9 Å². The van der Waals surface area contributed by atoms with E-state index in [1.807, 2.05) is 0 Å². The highest BCUT2D eigenvalue weighted by atomic mass is 79.9. The lowest BCUT2D eigenvalue weighted by Gasteiger charge is -2.14. The zero-order valence-corrected chi connectivity index (χ0v) is 15.4. The van der Waals surface area contributed by atoms with Gasteiger partial charge in [-0.05, 0) is 31.5 Å². The van der Waals surface area contributed by atoms with Crippen LogP contribution >= 0.6 is 15.9 Å². The maximum atomic E-state index is 13.5. The number of methoxy groups -OCH3 is 1. The predicted molar refractivity (Wildman–Crippen MR) is 87.0 cm³/mol. The molecule has 0 saturated carbocycles. The van der Waals surface area contributed by atoms with E-state index >= 15 is 0 Å². The molecule has 0 atom stereocenters. The van der Waals surface area contributed by atoms with Crippen molar-refractivity contribution in [2.45, 2.75) is 33.0 Å². The van der Waals surface area contributed by atoms with Crippen LogP contribution in [0.15, 0.2) is 22.7 Å². The first kappa shape index (κ1) is 20.9. The zero-order chi connectivity index (χ0) is 19.2. The molecular weight excluding hydrogens is 405 g/mol. The zero-order valence-electron chi connectivity index (χ0n) is 13.8. The Hall–Kier alpha value is -2.12. The molecule has 0 unspecified atom stereocenters. The topological polar surface area (TPSA) is 61.2 Å². The first-order valence-corrected chi connectivity index (χ1v) is 8.04. The van der Waals surface area contributed by atoms with E-state index in [-0.39, 0.29) is 24.0 Å². The number of nitrogens with zero attached hydrogens (tertiary/aromatic N) is 2. The Morgan fingerprint density at radius 3 is 2.32 bits per heavy atom. The van der Waals surface area contributed by atoms with Gasteiger partial charge >= 0.3 is 12.3 Å². The van der Waals surface area contributed by atoms with Gasteiger partial charge in [0, 0.05) is 16.6 Å². The number of hydrogen-bond donors (Lipinski definition) is 0. The highest BCUT2D eigenvalue weighted by Crippen LogP contribution is 2.43. The summed E-state index contributed by atoms with van der Waals surface area (Å²) in [5.74, 6) is 0.372. The minimum Gasteiger partial charge on any atom is -0.496 e. The quantitative estimate of drug-likeness (QED) is 0.737. The molecule has 0 spiro atoms. The van der Waals surface area contributed by atoms with Gasteiger partial charge in [0.05, 0.1) is 18.5 Å². The molecule has 0 fully saturated rings. The molecule has 0 aliphatic rings. The van der Waals surface area contributed by atoms with Crippen LogP contribution in [0, 0.1) is 0 Å². The van der Waals surface area contributed by atoms with E-state index in [0.717, 1.165) is 4.47 Å². The molecule has 136 valence electrons. The fraction of sp³-hybridized carbons (Fsp3) is 0.375. The summed E-state index contributed by atoms with van der Waals surface area (Å²) in [5, 5.41) is 4.12. The SMILES string of the molecule is CCc1nn(CC)c(-c2ccc(Br)cc2OC)c1C(F)(F)F.O=C=O. The summed E-state index contributed by atoms with van der Waals surface area (Å²) in [5.41, 5.74) is -0.199. The first-order chi connectivity index (χ1) is 11.7. The molecule has 0 amide bonds. The average Bonchev–Trinajstić information content (AvgIpc) is 2.94. The van der Waals surface area contributed by atoms with Gasteiger partial charge < -0.3 is 4.74 Å². The van der Waals surface area contributed by atoms with E-state index in [9.17, 15) is 13.2 Å². The third kappa shape index (κ3) is 4.70. The summed E-state index contributed by atoms with van der Waals surface area (Å²) in [4.78, 5) is 16.2. The Balaban J connectivity index is 0.000000970. The molecule has 0 aliphatic carbocycles. The molecule has 0 radical (unpaired) electrons. The lowest BCUT2D eigenvalue weighted by Crippen LogP contribution is -2.10. The molecule has 0 N–H and O–H groups in total. The molecule has 0 saturated heterocycles. The molecule has 1 aromatic heterocycles. The van der Waals surface area contributed by atoms with E-state index < -0.39 is 11.7 Å². The van der Waals surface area contributed by atoms with Crippen LogP contribution in [-0.2, 0) is 28.7 Å². The van der Waals surface area contributed by atoms with Crippen molar-refractivity contribution in [3.05, 3.63) is 33.9 Å². The second-order valence-electron chi connectivity index (χ2n) is 4.77. The second kappa shape index (κ2) is 8.82. The summed E-state index contributed by atoms with van der Waals surface area (Å²) in [7, 11) is 1.44. The number of aromatic nitrogens is 2. The van der Waals surface area contributed by atoms with Crippen LogP contribution in [0.2, 0.25) is 0 Å². The first-order valence-electron chi connectivity index (χ1n) is 7.25. The van der Waals surface area contributed by atoms with Crippen molar-refractivity contribution in [1.82, 2.24) is 9.78 Å². The molecule has 25 heavy (non-hydrogen) atoms. The maximum Gasteiger partial charge on any atom is 0.420 e. The molecule has 2 rings (SSSR count). The van der Waals surface area contributed by atoms with E-state index in [4.69, 9.17) is 14.3 Å². The van der Waals surface area contributed by atoms with Crippen molar-refractivity contribution in [2.24, 2.45) is 0 Å². The number of carbonyl (C=O) groups excluding carboxylic acids is 2. The normalized spacial score (nSPS) is 10.7. The fourth-order valence-electron chi connectivity index (χ4n) is 2.42. The van der Waals surface area contributed by atoms with Gasteiger partial charge in [-0.25, -0.2) is 0 Å². The molecule has 2 aromatic rings. The van der Waals surface area contributed by atoms with Crippen LogP contribution in [-0.4, -0.2) is 23.0 Å². The maximum absolute atomic E-state index is 13.5. The van der Waals surface area contributed by atoms with Gasteiger partial charge in [-0.3, -0.25) is 4.68 Å². The minimum absolute atomic E-state index is 0.0503. The van der Waals surface area contributed by atoms with Crippen LogP contribution in [0.25, 0.3) is 11.3 Å². The Morgan fingerprint density at radius 1 is 1.28 bits per heavy atom. The van der Waals surface area contributed by atoms with Crippen LogP contribution in [0.3, 0.4) is 0 Å². The molecule has 1 aromatic carbocycles. The monoisotopic (exact) mass is 420 g/mol. The Bertz CT molecular complexity index is 767. The van der Waals surface area contributed by atoms with Gasteiger partial charge in [0.1, 0.15) is 11.3 Å². The summed E-state index contributed by atoms with van der Waals surface area (Å²) in [6.45, 7) is 3.78. The largest absolute Gasteiger partial charge is 0.496 e. The number of rotatable bonds is 4. The standard InChI is InChI=1S/C15H16BrF3N2O.CO2/c1-4-11-13(15(17,18)19)14(21(5-2)20-11)10-7-6-9(16)8-12(10)22-3;2-1-3/h6-8H,4-5H2,1-3H3;. The number of halogens is 4. The van der Waals surface area contributed by atoms with Crippen LogP contribution in [0.5, 0.6) is 5.75 Å². The average molecular weight is 421 g/mol. The molecule has 0 aliphatic heterocycles. The van der Waals surface area contributed by atoms with E-state index in [1.165, 1.54) is 11.8 Å². The van der Waals surface area contributed by atoms with Gasteiger partial charge in [0.25, 0.3) is 0 Å². The third-order valence-corrected chi connectivity index (χ3v) is 3.85. The summed E-state index contributed by atoms with van der Waals surface area (Å²) >= 11 is 3.30. The summed E-state index contributed by atoms with van der Waals surface area (Å²) < 4.78 is 48.0. The number of benzene rings is 1. The summed E-state index contributed by atoms with van der Waals surface area (Å²) in [6, 6.07) is 4.95. The second-order valence-corrected chi connectivity index (χ2v) is 5.68. The van der Waals surface area contributed by atoms with Crippen molar-refractivity contribution < 1.29 is 27.5 Å². The lowest BCUT2D eigenvalue weighted by molar-refractivity contribution is -0.191. The number of hydrogen-bond acceptors (Lipinski definition) is 4. The molecular formula is C16H16BrF3N2O3. The lowest BCUT2D eigenvalue weighted by atomic mass is 10.0. The van der Waals surface area contributed by atoms with Crippen molar-refractivity contribution >= 4 is 22.1 Å². The number of alkyl halides is 3. The van der Waals surface area contributed by atoms with Crippen molar-refractivity contribution in [3.8, 4) is 17.0 Å². The molecule has 0 bridgehead atoms. The Labute approximate surface area is 150 Å². The smallest absolute Gasteiger partial charge is 0.420 e. The fourth-order valence-corrected chi connectivity index (χ4v) is 2.76. The van der Waals surface area contributed by atoms with Crippen LogP contribution < -0.4 is 4.74 Å². The highest BCUT2D eigenvalue weighted by molar-refractivity contribution is 9.10. The molecule has 5 nitrogen and oxygen atoms in total. The van der Waals surface area contributed by atoms with Crippen LogP contribution in [0.4, 0.5) is 13.2 Å². The van der Waals surface area contributed by atoms with Crippen molar-refractivity contribution in [1.29, 1.82) is 0 Å². The number of ether oxygens (including phenoxy) is 1. The molecule has 1 heterocycles. The van der Waals surface area contributed by atoms with Gasteiger partial charge in [-0.1, -0.05) is 22.9 Å². The minimum atomic E-state index is -4.47. The van der Waals surface area contributed by atoms with E-state index in [0.29, 0.717) is 17.9 Å². The van der Waals surface area contributed by atoms with Gasteiger partial charge in [-0.15, -0.1) is 0 Å². The van der Waals surface area contributed by atoms with E-state index in [2.05, 4.69) is 21.0 Å². The number of aryl methyl sites for hydroxylation is 2. The van der Waals surface area contributed by atoms with Crippen LogP contribution in [0.1, 0.15) is 25.1 Å². The predicted octanol–water partition coefficient (Wildman–Crippen LogP) is 4.34. The van der Waals surface area contributed by atoms with Gasteiger partial charge in [0.2, 0.25) is 0 Å². The third-order valence-electron chi connectivity index (χ3n) is 3.36. The van der Waals surface area contributed by atoms with Crippen molar-refractivity contribution in [3.63, 3.8) is 0 Å².